The molecule has 9 nitrogen and oxygen atoms in total. The van der Waals surface area contributed by atoms with E-state index >= 15 is 0 Å². The molecule has 2 aromatic heterocycles. The molecule has 1 aromatic carbocycles. The highest BCUT2D eigenvalue weighted by Crippen LogP contribution is 2.29. The quantitative estimate of drug-likeness (QED) is 0.684. The Balaban J connectivity index is 1.60. The number of hydrogen-bond donors (Lipinski definition) is 1. The van der Waals surface area contributed by atoms with E-state index in [1.54, 1.807) is 0 Å². The van der Waals surface area contributed by atoms with Gasteiger partial charge in [0.2, 0.25) is 10.0 Å². The second-order valence-electron chi connectivity index (χ2n) is 6.41. The summed E-state index contributed by atoms with van der Waals surface area (Å²) < 4.78 is 53.4. The van der Waals surface area contributed by atoms with Gasteiger partial charge in [-0.05, 0) is 6.07 Å². The van der Waals surface area contributed by atoms with Gasteiger partial charge in [-0.3, -0.25) is 0 Å². The fourth-order valence-electron chi connectivity index (χ4n) is 3.12. The van der Waals surface area contributed by atoms with Crippen molar-refractivity contribution in [2.45, 2.75) is 0 Å². The summed E-state index contributed by atoms with van der Waals surface area (Å²) in [6.45, 7) is 1.70. The molecule has 1 N–H and O–H groups in total. The maximum Gasteiger partial charge on any atom is 0.251 e. The second-order valence-corrected chi connectivity index (χ2v) is 8.39. The third-order valence-electron chi connectivity index (χ3n) is 4.61. The molecule has 1 saturated heterocycles. The number of sulfonamides is 1. The largest absolute Gasteiger partial charge is 0.503 e. The number of nitrogens with zero attached hydrogens (tertiary/aromatic N) is 6. The molecule has 0 radical (unpaired) electrons. The predicted octanol–water partition coefficient (Wildman–Crippen LogP) is 0.881. The lowest BCUT2D eigenvalue weighted by Gasteiger charge is -2.34. The zero-order valence-corrected chi connectivity index (χ0v) is 15.6. The predicted molar refractivity (Wildman–Crippen MR) is 96.9 cm³/mol. The summed E-state index contributed by atoms with van der Waals surface area (Å²) in [5.74, 6) is -3.25. The Labute approximate surface area is 158 Å². The molecule has 3 heterocycles. The van der Waals surface area contributed by atoms with Crippen LogP contribution in [0.3, 0.4) is 0 Å². The molecule has 0 amide bonds. The molecule has 1 aliphatic rings. The van der Waals surface area contributed by atoms with Gasteiger partial charge in [-0.25, -0.2) is 27.2 Å². The summed E-state index contributed by atoms with van der Waals surface area (Å²) in [6, 6.07) is 0.979. The molecule has 1 fully saturated rings. The van der Waals surface area contributed by atoms with Gasteiger partial charge in [0.1, 0.15) is 5.52 Å². The van der Waals surface area contributed by atoms with Crippen molar-refractivity contribution in [2.24, 2.45) is 0 Å². The number of benzene rings is 1. The number of aromatic nitrogens is 4. The molecule has 3 aromatic rings. The Morgan fingerprint density at radius 1 is 1.07 bits per heavy atom. The summed E-state index contributed by atoms with van der Waals surface area (Å²) in [5.41, 5.74) is 0.552. The monoisotopic (exact) mass is 410 g/mol. The third kappa shape index (κ3) is 3.14. The lowest BCUT2D eigenvalue weighted by Crippen LogP contribution is -2.48. The average molecular weight is 410 g/mol. The van der Waals surface area contributed by atoms with E-state index in [2.05, 4.69) is 15.1 Å². The Morgan fingerprint density at radius 2 is 1.71 bits per heavy atom. The fraction of sp³-hybridized carbons (Fsp3) is 0.312. The highest BCUT2D eigenvalue weighted by Gasteiger charge is 2.24. The van der Waals surface area contributed by atoms with E-state index in [0.717, 1.165) is 10.7 Å². The van der Waals surface area contributed by atoms with Gasteiger partial charge in [-0.2, -0.15) is 14.1 Å². The lowest BCUT2D eigenvalue weighted by molar-refractivity contribution is 0.388. The first-order valence-corrected chi connectivity index (χ1v) is 10.2. The molecule has 0 aliphatic carbocycles. The Hall–Kier alpha value is -2.86. The number of halogens is 2. The molecule has 0 saturated carbocycles. The number of phenols is 1. The van der Waals surface area contributed by atoms with Crippen molar-refractivity contribution in [3.63, 3.8) is 0 Å². The van der Waals surface area contributed by atoms with Gasteiger partial charge in [-0.15, -0.1) is 0 Å². The van der Waals surface area contributed by atoms with Crippen LogP contribution in [0.25, 0.3) is 16.9 Å². The van der Waals surface area contributed by atoms with Gasteiger partial charge in [0, 0.05) is 31.6 Å². The van der Waals surface area contributed by atoms with Gasteiger partial charge in [0.15, 0.2) is 17.4 Å². The van der Waals surface area contributed by atoms with E-state index in [4.69, 9.17) is 0 Å². The van der Waals surface area contributed by atoms with Crippen LogP contribution in [0.1, 0.15) is 0 Å². The topological polar surface area (TPSA) is 104 Å². The van der Waals surface area contributed by atoms with Crippen LogP contribution >= 0.6 is 0 Å². The summed E-state index contributed by atoms with van der Waals surface area (Å²) in [5, 5.41) is 13.6. The second kappa shape index (κ2) is 6.63. The van der Waals surface area contributed by atoms with Gasteiger partial charge < -0.3 is 10.0 Å². The number of hydrogen-bond acceptors (Lipinski definition) is 7. The minimum absolute atomic E-state index is 0.0541. The smallest absolute Gasteiger partial charge is 0.251 e. The maximum atomic E-state index is 14.3. The van der Waals surface area contributed by atoms with Crippen molar-refractivity contribution < 1.29 is 22.3 Å². The van der Waals surface area contributed by atoms with Gasteiger partial charge in [0.05, 0.1) is 30.5 Å². The molecule has 1 aliphatic heterocycles. The first kappa shape index (κ1) is 18.5. The van der Waals surface area contributed by atoms with E-state index in [-0.39, 0.29) is 16.9 Å². The van der Waals surface area contributed by atoms with Crippen molar-refractivity contribution >= 4 is 26.6 Å². The number of aromatic hydroxyl groups is 1. The zero-order chi connectivity index (χ0) is 20.1. The molecule has 12 heteroatoms. The molecule has 28 heavy (non-hydrogen) atoms. The average Bonchev–Trinajstić information content (AvgIpc) is 3.09. The minimum atomic E-state index is -3.22. The van der Waals surface area contributed by atoms with Crippen LogP contribution in [0, 0.1) is 11.6 Å². The van der Waals surface area contributed by atoms with E-state index in [1.807, 2.05) is 4.90 Å². The van der Waals surface area contributed by atoms with E-state index < -0.39 is 27.4 Å². The Morgan fingerprint density at radius 3 is 2.32 bits per heavy atom. The van der Waals surface area contributed by atoms with Crippen LogP contribution in [0.5, 0.6) is 5.75 Å². The van der Waals surface area contributed by atoms with Crippen molar-refractivity contribution in [3.05, 3.63) is 36.3 Å². The zero-order valence-electron chi connectivity index (χ0n) is 14.7. The minimum Gasteiger partial charge on any atom is -0.503 e. The highest BCUT2D eigenvalue weighted by molar-refractivity contribution is 7.88. The first-order chi connectivity index (χ1) is 13.3. The fourth-order valence-corrected chi connectivity index (χ4v) is 3.95. The summed E-state index contributed by atoms with van der Waals surface area (Å²) in [6.07, 6.45) is 5.47. The van der Waals surface area contributed by atoms with Crippen LogP contribution in [-0.2, 0) is 10.0 Å². The number of piperazine rings is 1. The highest BCUT2D eigenvalue weighted by atomic mass is 32.2. The molecule has 148 valence electrons. The van der Waals surface area contributed by atoms with Crippen molar-refractivity contribution in [3.8, 4) is 11.7 Å². The van der Waals surface area contributed by atoms with Crippen LogP contribution in [-0.4, -0.2) is 70.0 Å². The number of phenolic OH excluding ortho intramolecular Hbond substituents is 1. The third-order valence-corrected chi connectivity index (χ3v) is 5.91. The van der Waals surface area contributed by atoms with E-state index in [9.17, 15) is 22.3 Å². The molecule has 0 bridgehead atoms. The van der Waals surface area contributed by atoms with Crippen LogP contribution < -0.4 is 4.90 Å². The molecule has 4 rings (SSSR count). The molecular formula is C16H16F2N6O3S. The molecular weight excluding hydrogens is 394 g/mol. The molecule has 0 unspecified atom stereocenters. The summed E-state index contributed by atoms with van der Waals surface area (Å²) >= 11 is 0. The Kier molecular flexibility index (Phi) is 4.38. The maximum absolute atomic E-state index is 14.3. The standard InChI is InChI=1S/C16H16F2N6O3S/c1-28(26,27)23-4-2-22(3-5-23)11-8-19-16(20-9-11)24-14-10(7-21-24)6-12(17)15(25)13(14)18/h6-9,25H,2-5H2,1H3. The normalized spacial score (nSPS) is 16.0. The van der Waals surface area contributed by atoms with Gasteiger partial charge in [-0.1, -0.05) is 0 Å². The Bertz CT molecular complexity index is 1140. The lowest BCUT2D eigenvalue weighted by atomic mass is 10.2. The first-order valence-electron chi connectivity index (χ1n) is 8.33. The van der Waals surface area contributed by atoms with E-state index in [1.165, 1.54) is 29.2 Å². The van der Waals surface area contributed by atoms with Crippen molar-refractivity contribution in [2.75, 3.05) is 37.3 Å². The molecule has 0 spiro atoms. The van der Waals surface area contributed by atoms with Crippen LogP contribution in [0.15, 0.2) is 24.7 Å². The van der Waals surface area contributed by atoms with Crippen molar-refractivity contribution in [1.82, 2.24) is 24.1 Å². The summed E-state index contributed by atoms with van der Waals surface area (Å²) in [7, 11) is -3.22. The summed E-state index contributed by atoms with van der Waals surface area (Å²) in [4.78, 5) is 10.3. The van der Waals surface area contributed by atoms with Gasteiger partial charge in [0.25, 0.3) is 5.95 Å². The van der Waals surface area contributed by atoms with E-state index in [0.29, 0.717) is 31.9 Å². The van der Waals surface area contributed by atoms with Crippen LogP contribution in [0.2, 0.25) is 0 Å². The van der Waals surface area contributed by atoms with Gasteiger partial charge >= 0.3 is 0 Å². The van der Waals surface area contributed by atoms with Crippen molar-refractivity contribution in [1.29, 1.82) is 0 Å². The number of anilines is 1. The van der Waals surface area contributed by atoms with Crippen LogP contribution in [0.4, 0.5) is 14.5 Å². The molecule has 0 atom stereocenters. The number of rotatable bonds is 3. The number of fused-ring (bicyclic) bond motifs is 1. The SMILES string of the molecule is CS(=O)(=O)N1CCN(c2cnc(-n3ncc4cc(F)c(O)c(F)c43)nc2)CC1.